The summed E-state index contributed by atoms with van der Waals surface area (Å²) >= 11 is 0. The van der Waals surface area contributed by atoms with Gasteiger partial charge in [-0.3, -0.25) is 14.7 Å². The summed E-state index contributed by atoms with van der Waals surface area (Å²) in [6, 6.07) is 20.3. The van der Waals surface area contributed by atoms with E-state index in [4.69, 9.17) is 4.98 Å². The molecule has 1 aliphatic rings. The molecule has 0 radical (unpaired) electrons. The number of pyridine rings is 1. The summed E-state index contributed by atoms with van der Waals surface area (Å²) in [5.74, 6) is 0.556. The van der Waals surface area contributed by atoms with Crippen LogP contribution in [-0.2, 0) is 13.1 Å². The first-order valence-electron chi connectivity index (χ1n) is 11.4. The maximum absolute atomic E-state index is 13.1. The highest BCUT2D eigenvalue weighted by atomic mass is 16.1. The maximum Gasteiger partial charge on any atom is 0.255 e. The summed E-state index contributed by atoms with van der Waals surface area (Å²) in [7, 11) is 0. The Morgan fingerprint density at radius 2 is 1.88 bits per heavy atom. The topological polar surface area (TPSA) is 71.0 Å². The number of aryl methyl sites for hydroxylation is 1. The number of nitrogens with zero attached hydrogens (tertiary/aromatic N) is 4. The SMILES string of the molecule is Cc1ncc(C(=O)NCc2ccccc2)c([C@H]2CCCN2Cc2ccnc3ccccc23)n1. The molecule has 0 unspecified atom stereocenters. The normalized spacial score (nSPS) is 16.2. The largest absolute Gasteiger partial charge is 0.348 e. The van der Waals surface area contributed by atoms with E-state index >= 15 is 0 Å². The molecular formula is C27H27N5O. The van der Waals surface area contributed by atoms with E-state index < -0.39 is 0 Å². The van der Waals surface area contributed by atoms with Crippen LogP contribution in [0.5, 0.6) is 0 Å². The molecule has 0 aliphatic carbocycles. The monoisotopic (exact) mass is 437 g/mol. The summed E-state index contributed by atoms with van der Waals surface area (Å²) in [5, 5.41) is 4.21. The van der Waals surface area contributed by atoms with Crippen molar-refractivity contribution in [2.45, 2.75) is 38.9 Å². The highest BCUT2D eigenvalue weighted by Crippen LogP contribution is 2.34. The minimum absolute atomic E-state index is 0.0797. The van der Waals surface area contributed by atoms with Gasteiger partial charge < -0.3 is 5.32 Å². The Labute approximate surface area is 193 Å². The maximum atomic E-state index is 13.1. The van der Waals surface area contributed by atoms with Gasteiger partial charge in [0.05, 0.1) is 22.8 Å². The van der Waals surface area contributed by atoms with E-state index in [2.05, 4.69) is 38.4 Å². The second-order valence-electron chi connectivity index (χ2n) is 8.50. The van der Waals surface area contributed by atoms with Gasteiger partial charge in [-0.2, -0.15) is 0 Å². The first-order chi connectivity index (χ1) is 16.2. The standard InChI is InChI=1S/C27H27N5O/c1-19-29-17-23(27(33)30-16-20-8-3-2-4-9-20)26(31-19)25-12-7-15-32(25)18-21-13-14-28-24-11-6-5-10-22(21)24/h2-6,8-11,13-14,17,25H,7,12,15-16,18H2,1H3,(H,30,33)/t25-/m1/s1. The summed E-state index contributed by atoms with van der Waals surface area (Å²) in [6.45, 7) is 4.12. The van der Waals surface area contributed by atoms with E-state index in [1.54, 1.807) is 6.20 Å². The molecule has 1 N–H and O–H groups in total. The van der Waals surface area contributed by atoms with E-state index in [9.17, 15) is 4.79 Å². The van der Waals surface area contributed by atoms with Gasteiger partial charge in [-0.05, 0) is 49.6 Å². The van der Waals surface area contributed by atoms with Gasteiger partial charge in [0.15, 0.2) is 0 Å². The molecular weight excluding hydrogens is 410 g/mol. The van der Waals surface area contributed by atoms with Crippen LogP contribution in [0.25, 0.3) is 10.9 Å². The van der Waals surface area contributed by atoms with Gasteiger partial charge in [0.2, 0.25) is 0 Å². The van der Waals surface area contributed by atoms with Crippen molar-refractivity contribution < 1.29 is 4.79 Å². The lowest BCUT2D eigenvalue weighted by molar-refractivity contribution is 0.0946. The molecule has 2 aromatic carbocycles. The first kappa shape index (κ1) is 21.2. The molecule has 33 heavy (non-hydrogen) atoms. The average Bonchev–Trinajstić information content (AvgIpc) is 3.31. The summed E-state index contributed by atoms with van der Waals surface area (Å²) in [4.78, 5) is 29.2. The van der Waals surface area contributed by atoms with Crippen molar-refractivity contribution in [3.05, 3.63) is 101 Å². The lowest BCUT2D eigenvalue weighted by Crippen LogP contribution is -2.29. The molecule has 6 heteroatoms. The number of para-hydroxylation sites is 1. The van der Waals surface area contributed by atoms with Gasteiger partial charge in [-0.1, -0.05) is 48.5 Å². The van der Waals surface area contributed by atoms with Crippen molar-refractivity contribution in [2.75, 3.05) is 6.54 Å². The van der Waals surface area contributed by atoms with Gasteiger partial charge in [-0.15, -0.1) is 0 Å². The van der Waals surface area contributed by atoms with Crippen molar-refractivity contribution in [3.63, 3.8) is 0 Å². The Balaban J connectivity index is 1.40. The molecule has 5 rings (SSSR count). The van der Waals surface area contributed by atoms with Crippen molar-refractivity contribution >= 4 is 16.8 Å². The number of carbonyl (C=O) groups excluding carboxylic acids is 1. The smallest absolute Gasteiger partial charge is 0.255 e. The van der Waals surface area contributed by atoms with Crippen molar-refractivity contribution in [3.8, 4) is 0 Å². The number of likely N-dealkylation sites (tertiary alicyclic amines) is 1. The van der Waals surface area contributed by atoms with Crippen LogP contribution in [0.3, 0.4) is 0 Å². The first-order valence-corrected chi connectivity index (χ1v) is 11.4. The van der Waals surface area contributed by atoms with Gasteiger partial charge in [0, 0.05) is 30.9 Å². The van der Waals surface area contributed by atoms with E-state index in [0.29, 0.717) is 17.9 Å². The van der Waals surface area contributed by atoms with Gasteiger partial charge in [0.25, 0.3) is 5.91 Å². The molecule has 0 saturated carbocycles. The zero-order valence-electron chi connectivity index (χ0n) is 18.7. The van der Waals surface area contributed by atoms with E-state index in [0.717, 1.165) is 42.7 Å². The molecule has 1 fully saturated rings. The van der Waals surface area contributed by atoms with Crippen LogP contribution in [0.4, 0.5) is 0 Å². The second kappa shape index (κ2) is 9.46. The highest BCUT2D eigenvalue weighted by Gasteiger charge is 2.31. The number of hydrogen-bond acceptors (Lipinski definition) is 5. The number of benzene rings is 2. The third-order valence-electron chi connectivity index (χ3n) is 6.27. The van der Waals surface area contributed by atoms with Crippen LogP contribution in [0.2, 0.25) is 0 Å². The minimum atomic E-state index is -0.130. The van der Waals surface area contributed by atoms with E-state index in [-0.39, 0.29) is 11.9 Å². The van der Waals surface area contributed by atoms with Crippen LogP contribution in [0.15, 0.2) is 73.1 Å². The van der Waals surface area contributed by atoms with Gasteiger partial charge in [-0.25, -0.2) is 9.97 Å². The van der Waals surface area contributed by atoms with Crippen LogP contribution in [0, 0.1) is 6.92 Å². The Morgan fingerprint density at radius 1 is 1.06 bits per heavy atom. The fraction of sp³-hybridized carbons (Fsp3) is 0.259. The number of hydrogen-bond donors (Lipinski definition) is 1. The fourth-order valence-electron chi connectivity index (χ4n) is 4.63. The number of fused-ring (bicyclic) bond motifs is 1. The Kier molecular flexibility index (Phi) is 6.09. The molecule has 3 heterocycles. The predicted octanol–water partition coefficient (Wildman–Crippen LogP) is 4.60. The van der Waals surface area contributed by atoms with Gasteiger partial charge >= 0.3 is 0 Å². The molecule has 2 aromatic heterocycles. The predicted molar refractivity (Wildman–Crippen MR) is 129 cm³/mol. The fourth-order valence-corrected chi connectivity index (χ4v) is 4.63. The molecule has 1 saturated heterocycles. The second-order valence-corrected chi connectivity index (χ2v) is 8.50. The van der Waals surface area contributed by atoms with E-state index in [1.807, 2.05) is 55.6 Å². The van der Waals surface area contributed by atoms with Crippen LogP contribution < -0.4 is 5.32 Å². The van der Waals surface area contributed by atoms with Crippen molar-refractivity contribution in [1.82, 2.24) is 25.2 Å². The van der Waals surface area contributed by atoms with Crippen LogP contribution >= 0.6 is 0 Å². The number of carbonyl (C=O) groups is 1. The summed E-state index contributed by atoms with van der Waals surface area (Å²) in [5.41, 5.74) is 4.70. The Hall–Kier alpha value is -3.64. The molecule has 1 atom stereocenters. The van der Waals surface area contributed by atoms with Crippen molar-refractivity contribution in [2.24, 2.45) is 0 Å². The zero-order valence-corrected chi connectivity index (χ0v) is 18.7. The summed E-state index contributed by atoms with van der Waals surface area (Å²) in [6.07, 6.45) is 5.59. The number of nitrogens with one attached hydrogen (secondary N) is 1. The van der Waals surface area contributed by atoms with Gasteiger partial charge in [0.1, 0.15) is 5.82 Å². The Morgan fingerprint density at radius 3 is 2.76 bits per heavy atom. The lowest BCUT2D eigenvalue weighted by atomic mass is 10.0. The molecule has 1 aliphatic heterocycles. The van der Waals surface area contributed by atoms with Crippen LogP contribution in [-0.4, -0.2) is 32.3 Å². The zero-order chi connectivity index (χ0) is 22.6. The molecule has 0 bridgehead atoms. The number of aromatic nitrogens is 3. The Bertz CT molecular complexity index is 1270. The van der Waals surface area contributed by atoms with E-state index in [1.165, 1.54) is 10.9 Å². The average molecular weight is 438 g/mol. The minimum Gasteiger partial charge on any atom is -0.348 e. The molecule has 4 aromatic rings. The quantitative estimate of drug-likeness (QED) is 0.477. The molecule has 166 valence electrons. The van der Waals surface area contributed by atoms with Crippen LogP contribution in [0.1, 0.15) is 51.9 Å². The highest BCUT2D eigenvalue weighted by molar-refractivity contribution is 5.95. The van der Waals surface area contributed by atoms with Crippen molar-refractivity contribution in [1.29, 1.82) is 0 Å². The third-order valence-corrected chi connectivity index (χ3v) is 6.27. The molecule has 6 nitrogen and oxygen atoms in total. The third kappa shape index (κ3) is 4.61. The number of rotatable bonds is 6. The molecule has 1 amide bonds. The summed E-state index contributed by atoms with van der Waals surface area (Å²) < 4.78 is 0. The molecule has 0 spiro atoms. The number of amides is 1. The lowest BCUT2D eigenvalue weighted by Gasteiger charge is -2.26.